The molecule has 0 saturated heterocycles. The molecule has 0 aliphatic rings. The number of sulfonamides is 1. The molecule has 11 nitrogen and oxygen atoms in total. The van der Waals surface area contributed by atoms with Gasteiger partial charge in [0.2, 0.25) is 10.0 Å². The predicted molar refractivity (Wildman–Crippen MR) is 108 cm³/mol. The number of nitro groups is 1. The number of carbonyl (C=O) groups is 1. The fraction of sp³-hybridized carbons (Fsp3) is 0.316. The molecule has 0 unspecified atom stereocenters. The molecule has 0 bridgehead atoms. The Morgan fingerprint density at radius 3 is 2.19 bits per heavy atom. The minimum absolute atomic E-state index is 0.0168. The summed E-state index contributed by atoms with van der Waals surface area (Å²) in [5, 5.41) is 21.6. The number of carbonyl (C=O) groups excluding carboxylic acids is 1. The van der Waals surface area contributed by atoms with Crippen molar-refractivity contribution in [3.05, 3.63) is 64.2 Å². The molecule has 0 saturated carbocycles. The molecule has 31 heavy (non-hydrogen) atoms. The second-order valence-corrected chi connectivity index (χ2v) is 8.30. The van der Waals surface area contributed by atoms with Crippen molar-refractivity contribution in [1.29, 1.82) is 0 Å². The molecular weight excluding hydrogens is 432 g/mol. The molecule has 2 atom stereocenters. The Morgan fingerprint density at radius 1 is 1.13 bits per heavy atom. The van der Waals surface area contributed by atoms with Gasteiger partial charge in [0.1, 0.15) is 11.9 Å². The lowest BCUT2D eigenvalue weighted by Gasteiger charge is -2.29. The van der Waals surface area contributed by atoms with E-state index in [9.17, 15) is 28.4 Å². The highest BCUT2D eigenvalue weighted by atomic mass is 32.2. The molecule has 0 amide bonds. The van der Waals surface area contributed by atoms with Crippen LogP contribution in [-0.4, -0.2) is 62.8 Å². The van der Waals surface area contributed by atoms with E-state index in [1.165, 1.54) is 31.4 Å². The standard InChI is InChI=1S/C19H22N2O9S/c1-20(31(26,27)16-10-6-14(7-11-16)21(24)25)17(19(23)29-3)18(22)13-4-8-15(9-5-13)30-12-28-2/h4-11,17-18,22H,12H2,1-3H3/t17-,18-/m0/s1. The van der Waals surface area contributed by atoms with E-state index in [2.05, 4.69) is 0 Å². The van der Waals surface area contributed by atoms with Gasteiger partial charge in [-0.2, -0.15) is 4.31 Å². The zero-order valence-corrected chi connectivity index (χ0v) is 17.8. The van der Waals surface area contributed by atoms with E-state index in [1.54, 1.807) is 0 Å². The quantitative estimate of drug-likeness (QED) is 0.244. The zero-order chi connectivity index (χ0) is 23.2. The number of likely N-dealkylation sites (N-methyl/N-ethyl adjacent to an activating group) is 1. The minimum Gasteiger partial charge on any atom is -0.468 e. The van der Waals surface area contributed by atoms with E-state index in [4.69, 9.17) is 14.2 Å². The van der Waals surface area contributed by atoms with Gasteiger partial charge in [0.15, 0.2) is 12.8 Å². The summed E-state index contributed by atoms with van der Waals surface area (Å²) in [5.41, 5.74) is -0.0483. The first-order valence-corrected chi connectivity index (χ1v) is 10.3. The van der Waals surface area contributed by atoms with Crippen molar-refractivity contribution < 1.29 is 37.5 Å². The van der Waals surface area contributed by atoms with Crippen LogP contribution in [0.3, 0.4) is 0 Å². The third-order valence-electron chi connectivity index (χ3n) is 4.42. The van der Waals surface area contributed by atoms with E-state index < -0.39 is 33.1 Å². The lowest BCUT2D eigenvalue weighted by molar-refractivity contribution is -0.384. The van der Waals surface area contributed by atoms with Crippen LogP contribution in [-0.2, 0) is 24.3 Å². The lowest BCUT2D eigenvalue weighted by atomic mass is 10.0. The normalized spacial score (nSPS) is 13.5. The van der Waals surface area contributed by atoms with Crippen LogP contribution in [0.5, 0.6) is 5.75 Å². The van der Waals surface area contributed by atoms with Crippen molar-refractivity contribution in [3.63, 3.8) is 0 Å². The van der Waals surface area contributed by atoms with E-state index >= 15 is 0 Å². The number of ether oxygens (including phenoxy) is 3. The number of benzene rings is 2. The van der Waals surface area contributed by atoms with E-state index in [0.29, 0.717) is 10.1 Å². The second-order valence-electron chi connectivity index (χ2n) is 6.30. The summed E-state index contributed by atoms with van der Waals surface area (Å²) < 4.78 is 41.4. The molecule has 12 heteroatoms. The number of hydrogen-bond acceptors (Lipinski definition) is 9. The van der Waals surface area contributed by atoms with Crippen LogP contribution in [0.2, 0.25) is 0 Å². The molecule has 1 N–H and O–H groups in total. The Hall–Kier alpha value is -3.06. The molecular formula is C19H22N2O9S. The minimum atomic E-state index is -4.30. The fourth-order valence-corrected chi connectivity index (χ4v) is 4.04. The lowest BCUT2D eigenvalue weighted by Crippen LogP contribution is -2.46. The highest BCUT2D eigenvalue weighted by molar-refractivity contribution is 7.89. The summed E-state index contributed by atoms with van der Waals surface area (Å²) in [6, 6.07) is 8.53. The number of hydrogen-bond donors (Lipinski definition) is 1. The molecule has 0 heterocycles. The van der Waals surface area contributed by atoms with Gasteiger partial charge in [-0.25, -0.2) is 8.42 Å². The molecule has 0 spiro atoms. The number of aliphatic hydroxyl groups is 1. The fourth-order valence-electron chi connectivity index (χ4n) is 2.72. The van der Waals surface area contributed by atoms with Gasteiger partial charge in [-0.3, -0.25) is 14.9 Å². The summed E-state index contributed by atoms with van der Waals surface area (Å²) in [4.78, 5) is 22.2. The van der Waals surface area contributed by atoms with E-state index in [0.717, 1.165) is 38.4 Å². The van der Waals surface area contributed by atoms with E-state index in [-0.39, 0.29) is 22.9 Å². The van der Waals surface area contributed by atoms with Gasteiger partial charge in [0, 0.05) is 26.3 Å². The Labute approximate surface area is 179 Å². The Balaban J connectivity index is 2.35. The van der Waals surface area contributed by atoms with Crippen LogP contribution >= 0.6 is 0 Å². The van der Waals surface area contributed by atoms with Crippen LogP contribution < -0.4 is 4.74 Å². The van der Waals surface area contributed by atoms with Crippen molar-refractivity contribution in [2.75, 3.05) is 28.1 Å². The van der Waals surface area contributed by atoms with Crippen molar-refractivity contribution in [2.45, 2.75) is 17.0 Å². The Kier molecular flexibility index (Phi) is 8.05. The van der Waals surface area contributed by atoms with Gasteiger partial charge in [0.05, 0.1) is 16.9 Å². The summed E-state index contributed by atoms with van der Waals surface area (Å²) >= 11 is 0. The molecule has 0 fully saturated rings. The first-order chi connectivity index (χ1) is 14.6. The van der Waals surface area contributed by atoms with Gasteiger partial charge in [0.25, 0.3) is 5.69 Å². The van der Waals surface area contributed by atoms with Crippen LogP contribution in [0.15, 0.2) is 53.4 Å². The maximum Gasteiger partial charge on any atom is 0.327 e. The summed E-state index contributed by atoms with van der Waals surface area (Å²) in [5.74, 6) is -0.542. The highest BCUT2D eigenvalue weighted by Gasteiger charge is 2.39. The number of nitro benzene ring substituents is 1. The van der Waals surface area contributed by atoms with Gasteiger partial charge < -0.3 is 19.3 Å². The summed E-state index contributed by atoms with van der Waals surface area (Å²) in [6.45, 7) is 0.0168. The van der Waals surface area contributed by atoms with Gasteiger partial charge in [-0.1, -0.05) is 12.1 Å². The highest BCUT2D eigenvalue weighted by Crippen LogP contribution is 2.28. The number of methoxy groups -OCH3 is 2. The summed E-state index contributed by atoms with van der Waals surface area (Å²) in [6.07, 6.45) is -1.57. The number of non-ortho nitro benzene ring substituents is 1. The molecule has 2 aromatic rings. The predicted octanol–water partition coefficient (Wildman–Crippen LogP) is 1.47. The Bertz CT molecular complexity index is 1010. The number of rotatable bonds is 10. The van der Waals surface area contributed by atoms with Crippen molar-refractivity contribution in [1.82, 2.24) is 4.31 Å². The second kappa shape index (κ2) is 10.3. The average Bonchev–Trinajstić information content (AvgIpc) is 2.77. The average molecular weight is 454 g/mol. The van der Waals surface area contributed by atoms with Gasteiger partial charge in [-0.05, 0) is 29.8 Å². The molecule has 168 valence electrons. The Morgan fingerprint density at radius 2 is 1.71 bits per heavy atom. The van der Waals surface area contributed by atoms with Crippen molar-refractivity contribution in [3.8, 4) is 5.75 Å². The van der Waals surface area contributed by atoms with Crippen LogP contribution in [0.25, 0.3) is 0 Å². The third kappa shape index (κ3) is 5.55. The molecule has 0 aromatic heterocycles. The monoisotopic (exact) mass is 454 g/mol. The maximum absolute atomic E-state index is 13.0. The first kappa shape index (κ1) is 24.2. The molecule has 0 aliphatic carbocycles. The molecule has 2 rings (SSSR count). The third-order valence-corrected chi connectivity index (χ3v) is 6.28. The van der Waals surface area contributed by atoms with Crippen molar-refractivity contribution in [2.24, 2.45) is 0 Å². The van der Waals surface area contributed by atoms with Crippen molar-refractivity contribution >= 4 is 21.7 Å². The number of esters is 1. The van der Waals surface area contributed by atoms with Crippen LogP contribution in [0.1, 0.15) is 11.7 Å². The topological polar surface area (TPSA) is 146 Å². The summed E-state index contributed by atoms with van der Waals surface area (Å²) in [7, 11) is -0.667. The molecule has 0 aliphatic heterocycles. The number of aliphatic hydroxyl groups excluding tert-OH is 1. The smallest absolute Gasteiger partial charge is 0.327 e. The van der Waals surface area contributed by atoms with E-state index in [1.807, 2.05) is 0 Å². The molecule has 2 aromatic carbocycles. The van der Waals surface area contributed by atoms with Crippen LogP contribution in [0, 0.1) is 10.1 Å². The zero-order valence-electron chi connectivity index (χ0n) is 17.0. The maximum atomic E-state index is 13.0. The van der Waals surface area contributed by atoms with Crippen LogP contribution in [0.4, 0.5) is 5.69 Å². The SMILES string of the molecule is COCOc1ccc([C@H](O)[C@@H](C(=O)OC)N(C)S(=O)(=O)c2ccc([N+](=O)[O-])cc2)cc1. The largest absolute Gasteiger partial charge is 0.468 e. The molecule has 0 radical (unpaired) electrons. The number of nitrogens with zero attached hydrogens (tertiary/aromatic N) is 2. The van der Waals surface area contributed by atoms with Gasteiger partial charge in [-0.15, -0.1) is 0 Å². The van der Waals surface area contributed by atoms with Gasteiger partial charge >= 0.3 is 5.97 Å². The first-order valence-electron chi connectivity index (χ1n) is 8.83.